The van der Waals surface area contributed by atoms with Gasteiger partial charge >= 0.3 is 6.18 Å². The van der Waals surface area contributed by atoms with Crippen molar-refractivity contribution in [1.29, 1.82) is 0 Å². The maximum Gasteiger partial charge on any atom is 0.389 e. The van der Waals surface area contributed by atoms with E-state index in [2.05, 4.69) is 0 Å². The largest absolute Gasteiger partial charge is 0.389 e. The third-order valence-electron chi connectivity index (χ3n) is 3.26. The van der Waals surface area contributed by atoms with Crippen molar-refractivity contribution in [1.82, 2.24) is 4.90 Å². The molecule has 0 radical (unpaired) electrons. The van der Waals surface area contributed by atoms with Gasteiger partial charge in [0.15, 0.2) is 0 Å². The molecule has 1 aliphatic heterocycles. The lowest BCUT2D eigenvalue weighted by Crippen LogP contribution is -2.42. The summed E-state index contributed by atoms with van der Waals surface area (Å²) in [7, 11) is 0. The van der Waals surface area contributed by atoms with E-state index in [1.807, 2.05) is 13.0 Å². The number of benzene rings is 1. The summed E-state index contributed by atoms with van der Waals surface area (Å²) in [6.07, 6.45) is -5.78. The molecule has 3 nitrogen and oxygen atoms in total. The summed E-state index contributed by atoms with van der Waals surface area (Å²) in [6.45, 7) is 2.04. The van der Waals surface area contributed by atoms with Crippen LogP contribution in [0, 0.1) is 6.92 Å². The minimum absolute atomic E-state index is 0.145. The van der Waals surface area contributed by atoms with Gasteiger partial charge in [0.05, 0.1) is 6.42 Å². The van der Waals surface area contributed by atoms with Gasteiger partial charge in [-0.2, -0.15) is 13.2 Å². The number of nitrogens with zero attached hydrogens (tertiary/aromatic N) is 1. The molecule has 2 amide bonds. The van der Waals surface area contributed by atoms with Gasteiger partial charge < -0.3 is 0 Å². The molecule has 108 valence electrons. The number of rotatable bonds is 2. The van der Waals surface area contributed by atoms with Crippen molar-refractivity contribution in [3.8, 4) is 0 Å². The van der Waals surface area contributed by atoms with Crippen molar-refractivity contribution in [3.05, 3.63) is 34.9 Å². The van der Waals surface area contributed by atoms with Crippen molar-refractivity contribution < 1.29 is 22.8 Å². The predicted octanol–water partition coefficient (Wildman–Crippen LogP) is 2.86. The molecule has 0 aliphatic carbocycles. The Morgan fingerprint density at radius 3 is 2.70 bits per heavy atom. The number of halogens is 3. The van der Waals surface area contributed by atoms with E-state index in [1.165, 1.54) is 0 Å². The number of alkyl halides is 3. The minimum atomic E-state index is -4.39. The van der Waals surface area contributed by atoms with Crippen molar-refractivity contribution in [2.45, 2.75) is 32.4 Å². The highest BCUT2D eigenvalue weighted by Gasteiger charge is 2.33. The molecule has 2 rings (SSSR count). The normalized spacial score (nSPS) is 15.2. The van der Waals surface area contributed by atoms with Crippen LogP contribution in [-0.4, -0.2) is 29.4 Å². The summed E-state index contributed by atoms with van der Waals surface area (Å²) < 4.78 is 36.3. The Hall–Kier alpha value is -1.85. The monoisotopic (exact) mass is 285 g/mol. The quantitative estimate of drug-likeness (QED) is 0.838. The van der Waals surface area contributed by atoms with E-state index in [0.29, 0.717) is 12.0 Å². The van der Waals surface area contributed by atoms with Crippen LogP contribution >= 0.6 is 0 Å². The number of aryl methyl sites for hydroxylation is 1. The maximum atomic E-state index is 12.1. The van der Waals surface area contributed by atoms with Gasteiger partial charge in [-0.05, 0) is 25.0 Å². The average Bonchev–Trinajstić information content (AvgIpc) is 2.35. The molecule has 0 atom stereocenters. The molecule has 0 saturated carbocycles. The fraction of sp³-hybridized carbons (Fsp3) is 0.429. The zero-order valence-corrected chi connectivity index (χ0v) is 11.0. The minimum Gasteiger partial charge on any atom is -0.278 e. The van der Waals surface area contributed by atoms with E-state index < -0.39 is 30.8 Å². The number of carbonyl (C=O) groups is 2. The number of amides is 2. The fourth-order valence-corrected chi connectivity index (χ4v) is 2.24. The van der Waals surface area contributed by atoms with E-state index in [9.17, 15) is 22.8 Å². The second kappa shape index (κ2) is 5.26. The van der Waals surface area contributed by atoms with Crippen LogP contribution in [0.3, 0.4) is 0 Å². The first-order valence-electron chi connectivity index (χ1n) is 6.29. The lowest BCUT2D eigenvalue weighted by atomic mass is 9.96. The highest BCUT2D eigenvalue weighted by atomic mass is 19.4. The molecule has 0 saturated heterocycles. The fourth-order valence-electron chi connectivity index (χ4n) is 2.24. The summed E-state index contributed by atoms with van der Waals surface area (Å²) in [4.78, 5) is 24.8. The van der Waals surface area contributed by atoms with Crippen LogP contribution in [0.4, 0.5) is 13.2 Å². The van der Waals surface area contributed by atoms with Crippen LogP contribution in [0.25, 0.3) is 0 Å². The van der Waals surface area contributed by atoms with Crippen LogP contribution in [0.15, 0.2) is 18.2 Å². The molecule has 1 aromatic carbocycles. The number of hydrogen-bond donors (Lipinski definition) is 0. The van der Waals surface area contributed by atoms with E-state index in [0.717, 1.165) is 16.0 Å². The molecular weight excluding hydrogens is 271 g/mol. The summed E-state index contributed by atoms with van der Waals surface area (Å²) >= 11 is 0. The van der Waals surface area contributed by atoms with Crippen molar-refractivity contribution in [2.75, 3.05) is 6.54 Å². The third kappa shape index (κ3) is 3.18. The van der Waals surface area contributed by atoms with Gasteiger partial charge in [0, 0.05) is 18.5 Å². The van der Waals surface area contributed by atoms with Gasteiger partial charge in [0.2, 0.25) is 5.91 Å². The molecule has 0 unspecified atom stereocenters. The first-order valence-corrected chi connectivity index (χ1v) is 6.29. The van der Waals surface area contributed by atoms with Crippen LogP contribution < -0.4 is 0 Å². The molecule has 0 aromatic heterocycles. The second-order valence-corrected chi connectivity index (χ2v) is 4.88. The molecule has 1 heterocycles. The Morgan fingerprint density at radius 2 is 2.05 bits per heavy atom. The molecule has 0 N–H and O–H groups in total. The molecule has 0 bridgehead atoms. The topological polar surface area (TPSA) is 37.4 Å². The summed E-state index contributed by atoms with van der Waals surface area (Å²) in [6, 6.07) is 5.24. The molecule has 0 spiro atoms. The van der Waals surface area contributed by atoms with Crippen LogP contribution in [0.1, 0.15) is 34.3 Å². The Morgan fingerprint density at radius 1 is 1.35 bits per heavy atom. The van der Waals surface area contributed by atoms with Crippen LogP contribution in [-0.2, 0) is 11.2 Å². The molecule has 20 heavy (non-hydrogen) atoms. The molecule has 6 heteroatoms. The van der Waals surface area contributed by atoms with Crippen molar-refractivity contribution >= 4 is 11.8 Å². The van der Waals surface area contributed by atoms with Crippen LogP contribution in [0.5, 0.6) is 0 Å². The number of hydrogen-bond acceptors (Lipinski definition) is 2. The van der Waals surface area contributed by atoms with Crippen molar-refractivity contribution in [3.63, 3.8) is 0 Å². The number of imide groups is 1. The van der Waals surface area contributed by atoms with Gasteiger partial charge in [-0.15, -0.1) is 0 Å². The highest BCUT2D eigenvalue weighted by molar-refractivity contribution is 6.06. The molecule has 0 fully saturated rings. The Bertz CT molecular complexity index is 552. The van der Waals surface area contributed by atoms with E-state index in [-0.39, 0.29) is 6.54 Å². The summed E-state index contributed by atoms with van der Waals surface area (Å²) in [5.41, 5.74) is 2.26. The van der Waals surface area contributed by atoms with Gasteiger partial charge in [0.25, 0.3) is 5.91 Å². The van der Waals surface area contributed by atoms with Crippen LogP contribution in [0.2, 0.25) is 0 Å². The molecule has 1 aliphatic rings. The lowest BCUT2D eigenvalue weighted by Gasteiger charge is -2.27. The first kappa shape index (κ1) is 14.6. The Kier molecular flexibility index (Phi) is 3.83. The van der Waals surface area contributed by atoms with E-state index in [4.69, 9.17) is 0 Å². The van der Waals surface area contributed by atoms with Gasteiger partial charge in [0.1, 0.15) is 0 Å². The van der Waals surface area contributed by atoms with E-state index in [1.54, 1.807) is 12.1 Å². The number of carbonyl (C=O) groups excluding carboxylic acids is 2. The van der Waals surface area contributed by atoms with E-state index >= 15 is 0 Å². The smallest absolute Gasteiger partial charge is 0.278 e. The highest BCUT2D eigenvalue weighted by Crippen LogP contribution is 2.24. The zero-order chi connectivity index (χ0) is 14.9. The van der Waals surface area contributed by atoms with Gasteiger partial charge in [-0.3, -0.25) is 14.5 Å². The lowest BCUT2D eigenvalue weighted by molar-refractivity contribution is -0.147. The van der Waals surface area contributed by atoms with Crippen molar-refractivity contribution in [2.24, 2.45) is 0 Å². The molecule has 1 aromatic rings. The maximum absolute atomic E-state index is 12.1. The Labute approximate surface area is 114 Å². The average molecular weight is 285 g/mol. The first-order chi connectivity index (χ1) is 9.28. The van der Waals surface area contributed by atoms with Gasteiger partial charge in [-0.25, -0.2) is 0 Å². The zero-order valence-electron chi connectivity index (χ0n) is 11.0. The molecular formula is C14H14F3NO2. The summed E-state index contributed by atoms with van der Waals surface area (Å²) in [5, 5.41) is 0. The second-order valence-electron chi connectivity index (χ2n) is 4.88. The Balaban J connectivity index is 2.11. The third-order valence-corrected chi connectivity index (χ3v) is 3.26. The SMILES string of the molecule is Cc1ccc2c(c1)CCN(C(=O)CCC(F)(F)F)C2=O. The standard InChI is InChI=1S/C14H14F3NO2/c1-9-2-3-11-10(8-9)5-7-18(13(11)20)12(19)4-6-14(15,16)17/h2-3,8H,4-7H2,1H3. The number of fused-ring (bicyclic) bond motifs is 1. The summed E-state index contributed by atoms with van der Waals surface area (Å²) in [5.74, 6) is -1.27. The van der Waals surface area contributed by atoms with Gasteiger partial charge in [-0.1, -0.05) is 17.7 Å². The predicted molar refractivity (Wildman–Crippen MR) is 66.2 cm³/mol.